The standard InChI is InChI=1S/C16H24N2O2/c1-18(12-13-6-5-8-15(10-13)20-2)16(19)11-14-7-3-4-9-17-14/h5-6,8,10,14,17H,3-4,7,9,11-12H2,1-2H3. The third kappa shape index (κ3) is 4.23. The molecule has 1 amide bonds. The summed E-state index contributed by atoms with van der Waals surface area (Å²) in [5.74, 6) is 1.03. The van der Waals surface area contributed by atoms with Gasteiger partial charge in [-0.3, -0.25) is 4.79 Å². The Bertz CT molecular complexity index is 442. The van der Waals surface area contributed by atoms with Gasteiger partial charge >= 0.3 is 0 Å². The largest absolute Gasteiger partial charge is 0.497 e. The Labute approximate surface area is 121 Å². The molecule has 1 atom stereocenters. The van der Waals surface area contributed by atoms with Crippen molar-refractivity contribution in [3.63, 3.8) is 0 Å². The fourth-order valence-electron chi connectivity index (χ4n) is 2.60. The number of benzene rings is 1. The Morgan fingerprint density at radius 1 is 1.45 bits per heavy atom. The van der Waals surface area contributed by atoms with Gasteiger partial charge in [0.1, 0.15) is 5.75 Å². The van der Waals surface area contributed by atoms with Crippen LogP contribution in [0, 0.1) is 0 Å². The summed E-state index contributed by atoms with van der Waals surface area (Å²) in [6.45, 7) is 1.67. The van der Waals surface area contributed by atoms with Crippen LogP contribution in [0.3, 0.4) is 0 Å². The van der Waals surface area contributed by atoms with E-state index in [1.807, 2.05) is 31.3 Å². The number of amides is 1. The Morgan fingerprint density at radius 3 is 3.00 bits per heavy atom. The van der Waals surface area contributed by atoms with E-state index < -0.39 is 0 Å². The van der Waals surface area contributed by atoms with Crippen LogP contribution in [0.5, 0.6) is 5.75 Å². The lowest BCUT2D eigenvalue weighted by Gasteiger charge is -2.25. The van der Waals surface area contributed by atoms with Crippen molar-refractivity contribution < 1.29 is 9.53 Å². The van der Waals surface area contributed by atoms with Crippen molar-refractivity contribution in [2.75, 3.05) is 20.7 Å². The molecule has 0 saturated carbocycles. The maximum atomic E-state index is 12.2. The number of nitrogens with zero attached hydrogens (tertiary/aromatic N) is 1. The molecule has 0 aliphatic carbocycles. The molecule has 4 nitrogen and oxygen atoms in total. The summed E-state index contributed by atoms with van der Waals surface area (Å²) < 4.78 is 5.20. The zero-order valence-corrected chi connectivity index (χ0v) is 12.4. The van der Waals surface area contributed by atoms with Crippen LogP contribution >= 0.6 is 0 Å². The van der Waals surface area contributed by atoms with E-state index in [9.17, 15) is 4.79 Å². The van der Waals surface area contributed by atoms with Gasteiger partial charge < -0.3 is 15.0 Å². The summed E-state index contributed by atoms with van der Waals surface area (Å²) >= 11 is 0. The number of rotatable bonds is 5. The van der Waals surface area contributed by atoms with E-state index in [0.717, 1.165) is 24.3 Å². The van der Waals surface area contributed by atoms with Crippen LogP contribution in [-0.2, 0) is 11.3 Å². The summed E-state index contributed by atoms with van der Waals surface area (Å²) in [5.41, 5.74) is 1.09. The maximum Gasteiger partial charge on any atom is 0.224 e. The first-order chi connectivity index (χ1) is 9.69. The van der Waals surface area contributed by atoms with Crippen molar-refractivity contribution in [1.29, 1.82) is 0 Å². The highest BCUT2D eigenvalue weighted by Gasteiger charge is 2.18. The van der Waals surface area contributed by atoms with Gasteiger partial charge in [0.15, 0.2) is 0 Å². The molecule has 1 fully saturated rings. The van der Waals surface area contributed by atoms with Crippen molar-refractivity contribution in [3.05, 3.63) is 29.8 Å². The summed E-state index contributed by atoms with van der Waals surface area (Å²) in [6.07, 6.45) is 4.16. The van der Waals surface area contributed by atoms with Gasteiger partial charge in [-0.15, -0.1) is 0 Å². The van der Waals surface area contributed by atoms with Gasteiger partial charge in [0.2, 0.25) is 5.91 Å². The topological polar surface area (TPSA) is 41.6 Å². The molecule has 1 aromatic rings. The molecule has 0 radical (unpaired) electrons. The van der Waals surface area contributed by atoms with Crippen molar-refractivity contribution in [1.82, 2.24) is 10.2 Å². The van der Waals surface area contributed by atoms with E-state index in [1.165, 1.54) is 12.8 Å². The number of hydrogen-bond donors (Lipinski definition) is 1. The minimum Gasteiger partial charge on any atom is -0.497 e. The molecule has 1 aromatic carbocycles. The van der Waals surface area contributed by atoms with E-state index in [-0.39, 0.29) is 5.91 Å². The van der Waals surface area contributed by atoms with Crippen LogP contribution in [-0.4, -0.2) is 37.6 Å². The molecular weight excluding hydrogens is 252 g/mol. The average Bonchev–Trinajstić information content (AvgIpc) is 2.48. The molecule has 1 aliphatic rings. The van der Waals surface area contributed by atoms with Crippen LogP contribution < -0.4 is 10.1 Å². The van der Waals surface area contributed by atoms with E-state index in [1.54, 1.807) is 12.0 Å². The van der Waals surface area contributed by atoms with Crippen molar-refractivity contribution in [2.45, 2.75) is 38.3 Å². The molecule has 1 aliphatic heterocycles. The SMILES string of the molecule is COc1cccc(CN(C)C(=O)CC2CCCCN2)c1. The molecule has 0 spiro atoms. The first-order valence-corrected chi connectivity index (χ1v) is 7.29. The summed E-state index contributed by atoms with van der Waals surface area (Å²) in [7, 11) is 3.52. The Kier molecular flexibility index (Phi) is 5.41. The number of piperidine rings is 1. The second-order valence-electron chi connectivity index (χ2n) is 5.45. The zero-order chi connectivity index (χ0) is 14.4. The van der Waals surface area contributed by atoms with Gasteiger partial charge in [-0.05, 0) is 37.1 Å². The lowest BCUT2D eigenvalue weighted by Crippen LogP contribution is -2.39. The second kappa shape index (κ2) is 7.29. The molecule has 1 N–H and O–H groups in total. The number of carbonyl (C=O) groups excluding carboxylic acids is 1. The summed E-state index contributed by atoms with van der Waals surface area (Å²) in [4.78, 5) is 14.0. The summed E-state index contributed by atoms with van der Waals surface area (Å²) in [5, 5.41) is 3.42. The first kappa shape index (κ1) is 14.9. The van der Waals surface area contributed by atoms with E-state index in [4.69, 9.17) is 4.74 Å². The Morgan fingerprint density at radius 2 is 2.30 bits per heavy atom. The monoisotopic (exact) mass is 276 g/mol. The lowest BCUT2D eigenvalue weighted by molar-refractivity contribution is -0.131. The number of nitrogens with one attached hydrogen (secondary N) is 1. The van der Waals surface area contributed by atoms with Crippen LogP contribution in [0.2, 0.25) is 0 Å². The highest BCUT2D eigenvalue weighted by molar-refractivity contribution is 5.76. The minimum atomic E-state index is 0.201. The van der Waals surface area contributed by atoms with Crippen molar-refractivity contribution >= 4 is 5.91 Å². The lowest BCUT2D eigenvalue weighted by atomic mass is 10.0. The van der Waals surface area contributed by atoms with Crippen LogP contribution in [0.4, 0.5) is 0 Å². The fraction of sp³-hybridized carbons (Fsp3) is 0.562. The summed E-state index contributed by atoms with van der Waals surface area (Å²) in [6, 6.07) is 8.21. The molecule has 1 saturated heterocycles. The number of ether oxygens (including phenoxy) is 1. The fourth-order valence-corrected chi connectivity index (χ4v) is 2.60. The molecular formula is C16H24N2O2. The van der Waals surface area contributed by atoms with Gasteiger partial charge in [0.05, 0.1) is 7.11 Å². The molecule has 20 heavy (non-hydrogen) atoms. The van der Waals surface area contributed by atoms with Gasteiger partial charge in [0.25, 0.3) is 0 Å². The normalized spacial score (nSPS) is 18.6. The molecule has 2 rings (SSSR count). The molecule has 1 heterocycles. The smallest absolute Gasteiger partial charge is 0.224 e. The minimum absolute atomic E-state index is 0.201. The first-order valence-electron chi connectivity index (χ1n) is 7.29. The number of carbonyl (C=O) groups is 1. The van der Waals surface area contributed by atoms with Gasteiger partial charge in [-0.2, -0.15) is 0 Å². The molecule has 4 heteroatoms. The maximum absolute atomic E-state index is 12.2. The zero-order valence-electron chi connectivity index (χ0n) is 12.4. The Balaban J connectivity index is 1.86. The quantitative estimate of drug-likeness (QED) is 0.896. The molecule has 110 valence electrons. The highest BCUT2D eigenvalue weighted by Crippen LogP contribution is 2.15. The molecule has 0 bridgehead atoms. The molecule has 0 aromatic heterocycles. The Hall–Kier alpha value is -1.55. The van der Waals surface area contributed by atoms with Crippen LogP contribution in [0.15, 0.2) is 24.3 Å². The third-order valence-corrected chi connectivity index (χ3v) is 3.81. The second-order valence-corrected chi connectivity index (χ2v) is 5.45. The van der Waals surface area contributed by atoms with E-state index in [2.05, 4.69) is 5.32 Å². The van der Waals surface area contributed by atoms with Crippen LogP contribution in [0.25, 0.3) is 0 Å². The number of methoxy groups -OCH3 is 1. The van der Waals surface area contributed by atoms with Gasteiger partial charge in [0, 0.05) is 26.1 Å². The highest BCUT2D eigenvalue weighted by atomic mass is 16.5. The average molecular weight is 276 g/mol. The van der Waals surface area contributed by atoms with Gasteiger partial charge in [-0.25, -0.2) is 0 Å². The number of hydrogen-bond acceptors (Lipinski definition) is 3. The molecule has 1 unspecified atom stereocenters. The predicted molar refractivity (Wildman–Crippen MR) is 79.7 cm³/mol. The van der Waals surface area contributed by atoms with Crippen molar-refractivity contribution in [2.24, 2.45) is 0 Å². The van der Waals surface area contributed by atoms with E-state index >= 15 is 0 Å². The van der Waals surface area contributed by atoms with Crippen LogP contribution in [0.1, 0.15) is 31.2 Å². The van der Waals surface area contributed by atoms with Crippen molar-refractivity contribution in [3.8, 4) is 5.75 Å². The predicted octanol–water partition coefficient (Wildman–Crippen LogP) is 2.19. The van der Waals surface area contributed by atoms with E-state index in [0.29, 0.717) is 19.0 Å². The third-order valence-electron chi connectivity index (χ3n) is 3.81. The van der Waals surface area contributed by atoms with Gasteiger partial charge in [-0.1, -0.05) is 18.6 Å².